The van der Waals surface area contributed by atoms with E-state index in [0.717, 1.165) is 10.1 Å². The van der Waals surface area contributed by atoms with E-state index >= 15 is 0 Å². The number of hydrazine groups is 1. The third kappa shape index (κ3) is 5.06. The van der Waals surface area contributed by atoms with Crippen molar-refractivity contribution in [3.63, 3.8) is 0 Å². The number of hydrogen-bond donors (Lipinski definition) is 1. The van der Waals surface area contributed by atoms with E-state index in [1.807, 2.05) is 30.3 Å². The summed E-state index contributed by atoms with van der Waals surface area (Å²) in [5.74, 6) is 4.87. The Balaban J connectivity index is 1.89. The second-order valence-corrected chi connectivity index (χ2v) is 6.24. The zero-order valence-electron chi connectivity index (χ0n) is 16.3. The minimum atomic E-state index is -0.641. The number of rotatable bonds is 6. The highest BCUT2D eigenvalue weighted by molar-refractivity contribution is 5.74. The summed E-state index contributed by atoms with van der Waals surface area (Å²) in [5.41, 5.74) is 0.600. The van der Waals surface area contributed by atoms with Gasteiger partial charge in [-0.3, -0.25) is 19.2 Å². The van der Waals surface area contributed by atoms with Gasteiger partial charge in [-0.1, -0.05) is 30.3 Å². The molecule has 2 aromatic carbocycles. The van der Waals surface area contributed by atoms with Crippen LogP contribution in [0.2, 0.25) is 0 Å². The first-order valence-electron chi connectivity index (χ1n) is 8.86. The van der Waals surface area contributed by atoms with Crippen LogP contribution in [-0.2, 0) is 16.1 Å². The molecule has 0 saturated heterocycles. The molecule has 30 heavy (non-hydrogen) atoms. The number of carbonyl (C=O) groups is 2. The fourth-order valence-electron chi connectivity index (χ4n) is 2.61. The number of nitrogens with two attached hydrogens (primary N) is 1. The number of nitrogens with zero attached hydrogens (tertiary/aromatic N) is 4. The fourth-order valence-corrected chi connectivity index (χ4v) is 2.61. The Bertz CT molecular complexity index is 1130. The van der Waals surface area contributed by atoms with Gasteiger partial charge in [0.2, 0.25) is 5.95 Å². The SMILES string of the molecule is CC(=O)Oc1ccc(-n2cnc(N(N)Cc3ccccc3)nc2=O)cc1OC(C)=O. The molecular formula is C20H19N5O5. The molecule has 0 fully saturated rings. The van der Waals surface area contributed by atoms with Gasteiger partial charge in [-0.2, -0.15) is 4.98 Å². The molecule has 2 N–H and O–H groups in total. The van der Waals surface area contributed by atoms with Crippen LogP contribution in [0, 0.1) is 0 Å². The Morgan fingerprint density at radius 3 is 2.33 bits per heavy atom. The van der Waals surface area contributed by atoms with Gasteiger partial charge in [-0.05, 0) is 17.7 Å². The molecule has 3 rings (SSSR count). The second-order valence-electron chi connectivity index (χ2n) is 6.24. The highest BCUT2D eigenvalue weighted by atomic mass is 16.6. The number of carbonyl (C=O) groups excluding carboxylic acids is 2. The average Bonchev–Trinajstić information content (AvgIpc) is 2.69. The summed E-state index contributed by atoms with van der Waals surface area (Å²) in [5, 5.41) is 1.26. The average molecular weight is 409 g/mol. The number of ether oxygens (including phenoxy) is 2. The molecule has 154 valence electrons. The van der Waals surface area contributed by atoms with Crippen molar-refractivity contribution in [1.82, 2.24) is 14.5 Å². The van der Waals surface area contributed by atoms with E-state index < -0.39 is 17.6 Å². The molecule has 3 aromatic rings. The molecule has 0 aliphatic rings. The Kier molecular flexibility index (Phi) is 6.18. The molecule has 0 aliphatic carbocycles. The predicted molar refractivity (Wildman–Crippen MR) is 107 cm³/mol. The van der Waals surface area contributed by atoms with Gasteiger partial charge >= 0.3 is 17.6 Å². The van der Waals surface area contributed by atoms with Crippen LogP contribution in [0.4, 0.5) is 5.95 Å². The summed E-state index contributed by atoms with van der Waals surface area (Å²) in [4.78, 5) is 43.2. The van der Waals surface area contributed by atoms with Crippen LogP contribution < -0.4 is 26.0 Å². The van der Waals surface area contributed by atoms with Crippen molar-refractivity contribution in [2.45, 2.75) is 20.4 Å². The Labute approximate surface area is 171 Å². The molecule has 1 heterocycles. The molecule has 1 aromatic heterocycles. The molecule has 0 bridgehead atoms. The van der Waals surface area contributed by atoms with Crippen molar-refractivity contribution in [2.24, 2.45) is 5.84 Å². The molecule has 0 aliphatic heterocycles. The van der Waals surface area contributed by atoms with Crippen LogP contribution in [-0.4, -0.2) is 26.5 Å². The first kappa shape index (κ1) is 20.7. The lowest BCUT2D eigenvalue weighted by atomic mass is 10.2. The van der Waals surface area contributed by atoms with Gasteiger partial charge in [0.1, 0.15) is 6.33 Å². The zero-order chi connectivity index (χ0) is 21.7. The highest BCUT2D eigenvalue weighted by Crippen LogP contribution is 2.30. The van der Waals surface area contributed by atoms with Crippen molar-refractivity contribution >= 4 is 17.9 Å². The van der Waals surface area contributed by atoms with Gasteiger partial charge in [-0.15, -0.1) is 0 Å². The molecule has 0 atom stereocenters. The topological polar surface area (TPSA) is 130 Å². The second kappa shape index (κ2) is 8.97. The fraction of sp³-hybridized carbons (Fsp3) is 0.150. The molecule has 0 saturated carbocycles. The third-order valence-electron chi connectivity index (χ3n) is 3.86. The van der Waals surface area contributed by atoms with Gasteiger partial charge in [0.25, 0.3) is 0 Å². The smallest absolute Gasteiger partial charge is 0.356 e. The quantitative estimate of drug-likeness (QED) is 0.277. The van der Waals surface area contributed by atoms with E-state index in [4.69, 9.17) is 15.3 Å². The van der Waals surface area contributed by atoms with Crippen molar-refractivity contribution < 1.29 is 19.1 Å². The third-order valence-corrected chi connectivity index (χ3v) is 3.86. The zero-order valence-corrected chi connectivity index (χ0v) is 16.3. The van der Waals surface area contributed by atoms with E-state index in [0.29, 0.717) is 12.2 Å². The first-order valence-corrected chi connectivity index (χ1v) is 8.86. The standard InChI is InChI=1S/C20H19N5O5/c1-13(26)29-17-9-8-16(10-18(17)30-14(2)27)24-12-22-19(23-20(24)28)25(21)11-15-6-4-3-5-7-15/h3-10,12H,11,21H2,1-2H3. The highest BCUT2D eigenvalue weighted by Gasteiger charge is 2.14. The summed E-state index contributed by atoms with van der Waals surface area (Å²) in [6, 6.07) is 13.7. The largest absolute Gasteiger partial charge is 0.423 e. The van der Waals surface area contributed by atoms with E-state index in [1.165, 1.54) is 43.4 Å². The number of aromatic nitrogens is 3. The lowest BCUT2D eigenvalue weighted by Gasteiger charge is -2.17. The van der Waals surface area contributed by atoms with E-state index in [2.05, 4.69) is 9.97 Å². The summed E-state index contributed by atoms with van der Waals surface area (Å²) in [6.45, 7) is 2.74. The summed E-state index contributed by atoms with van der Waals surface area (Å²) >= 11 is 0. The van der Waals surface area contributed by atoms with Crippen LogP contribution in [0.5, 0.6) is 11.5 Å². The van der Waals surface area contributed by atoms with Crippen molar-refractivity contribution in [3.05, 3.63) is 70.9 Å². The minimum absolute atomic E-state index is 0.0179. The number of anilines is 1. The van der Waals surface area contributed by atoms with Crippen LogP contribution in [0.3, 0.4) is 0 Å². The number of benzene rings is 2. The number of hydrogen-bond acceptors (Lipinski definition) is 9. The van der Waals surface area contributed by atoms with Gasteiger partial charge < -0.3 is 9.47 Å². The molecular weight excluding hydrogens is 390 g/mol. The minimum Gasteiger partial charge on any atom is -0.423 e. The van der Waals surface area contributed by atoms with Gasteiger partial charge in [0.05, 0.1) is 12.2 Å². The lowest BCUT2D eigenvalue weighted by molar-refractivity contribution is -0.134. The molecule has 0 unspecified atom stereocenters. The van der Waals surface area contributed by atoms with Crippen LogP contribution >= 0.6 is 0 Å². The monoisotopic (exact) mass is 409 g/mol. The normalized spacial score (nSPS) is 10.4. The maximum absolute atomic E-state index is 12.5. The lowest BCUT2D eigenvalue weighted by Crippen LogP contribution is -2.35. The Morgan fingerprint density at radius 2 is 1.70 bits per heavy atom. The van der Waals surface area contributed by atoms with Crippen molar-refractivity contribution in [1.29, 1.82) is 0 Å². The molecule has 10 heteroatoms. The number of esters is 2. The van der Waals surface area contributed by atoms with Crippen molar-refractivity contribution in [3.8, 4) is 17.2 Å². The van der Waals surface area contributed by atoms with Crippen LogP contribution in [0.15, 0.2) is 59.7 Å². The summed E-state index contributed by atoms with van der Waals surface area (Å²) in [6.07, 6.45) is 1.26. The Hall–Kier alpha value is -4.05. The first-order chi connectivity index (χ1) is 14.3. The van der Waals surface area contributed by atoms with Gasteiger partial charge in [0.15, 0.2) is 11.5 Å². The predicted octanol–water partition coefficient (Wildman–Crippen LogP) is 1.36. The van der Waals surface area contributed by atoms with E-state index in [9.17, 15) is 14.4 Å². The molecule has 10 nitrogen and oxygen atoms in total. The maximum atomic E-state index is 12.5. The van der Waals surface area contributed by atoms with E-state index in [-0.39, 0.29) is 17.4 Å². The summed E-state index contributed by atoms with van der Waals surface area (Å²) in [7, 11) is 0. The van der Waals surface area contributed by atoms with Crippen molar-refractivity contribution in [2.75, 3.05) is 5.01 Å². The molecule has 0 amide bonds. The van der Waals surface area contributed by atoms with E-state index in [1.54, 1.807) is 0 Å². The summed E-state index contributed by atoms with van der Waals surface area (Å²) < 4.78 is 11.2. The Morgan fingerprint density at radius 1 is 1.03 bits per heavy atom. The van der Waals surface area contributed by atoms with Gasteiger partial charge in [0, 0.05) is 19.9 Å². The van der Waals surface area contributed by atoms with Gasteiger partial charge in [-0.25, -0.2) is 15.6 Å². The van der Waals surface area contributed by atoms with Crippen LogP contribution in [0.25, 0.3) is 5.69 Å². The molecule has 0 radical (unpaired) electrons. The molecule has 0 spiro atoms. The van der Waals surface area contributed by atoms with Crippen LogP contribution in [0.1, 0.15) is 19.4 Å². The maximum Gasteiger partial charge on any atom is 0.356 e.